The number of nitrogens with zero attached hydrogens (tertiary/aromatic N) is 2. The van der Waals surface area contributed by atoms with Gasteiger partial charge in [-0.05, 0) is 13.8 Å². The Hall–Kier alpha value is -1.36. The van der Waals surface area contributed by atoms with Gasteiger partial charge in [-0.15, -0.1) is 0 Å². The van der Waals surface area contributed by atoms with Crippen molar-refractivity contribution in [3.05, 3.63) is 11.8 Å². The number of hydrogen-bond donors (Lipinski definition) is 1. The van der Waals surface area contributed by atoms with Crippen molar-refractivity contribution in [2.45, 2.75) is 20.0 Å². The van der Waals surface area contributed by atoms with Gasteiger partial charge in [0.05, 0.1) is 6.61 Å². The molecular weight excluding hydrogens is 194 g/mol. The van der Waals surface area contributed by atoms with Crippen molar-refractivity contribution in [1.82, 2.24) is 15.3 Å². The van der Waals surface area contributed by atoms with Gasteiger partial charge in [0.2, 0.25) is 5.88 Å². The van der Waals surface area contributed by atoms with Crippen LogP contribution in [0.4, 0.5) is 0 Å². The quantitative estimate of drug-likeness (QED) is 0.784. The smallest absolute Gasteiger partial charge is 0.320 e. The van der Waals surface area contributed by atoms with E-state index in [9.17, 15) is 0 Å². The number of hydrogen-bond acceptors (Lipinski definition) is 5. The highest BCUT2D eigenvalue weighted by Crippen LogP contribution is 2.15. The first-order valence-electron chi connectivity index (χ1n) is 5.14. The Morgan fingerprint density at radius 2 is 2.27 bits per heavy atom. The Bertz CT molecular complexity index is 339. The summed E-state index contributed by atoms with van der Waals surface area (Å²) < 4.78 is 10.9. The molecule has 0 spiro atoms. The average Bonchev–Trinajstić information content (AvgIpc) is 2.11. The minimum Gasteiger partial charge on any atom is -0.478 e. The molecule has 1 saturated heterocycles. The van der Waals surface area contributed by atoms with Crippen LogP contribution in [0.1, 0.15) is 12.6 Å². The normalized spacial score (nSPS) is 15.9. The van der Waals surface area contributed by atoms with Crippen molar-refractivity contribution >= 4 is 0 Å². The maximum absolute atomic E-state index is 5.55. The van der Waals surface area contributed by atoms with Crippen LogP contribution in [0.2, 0.25) is 0 Å². The number of aromatic nitrogens is 2. The lowest BCUT2D eigenvalue weighted by atomic mass is 10.2. The Balaban J connectivity index is 2.07. The van der Waals surface area contributed by atoms with Crippen molar-refractivity contribution in [3.8, 4) is 11.9 Å². The molecule has 0 aliphatic carbocycles. The topological polar surface area (TPSA) is 56.3 Å². The molecule has 2 heterocycles. The molecule has 0 aromatic carbocycles. The van der Waals surface area contributed by atoms with Crippen LogP contribution < -0.4 is 14.8 Å². The average molecular weight is 209 g/mol. The fourth-order valence-electron chi connectivity index (χ4n) is 1.28. The summed E-state index contributed by atoms with van der Waals surface area (Å²) in [7, 11) is 0. The molecule has 82 valence electrons. The predicted octanol–water partition coefficient (Wildman–Crippen LogP) is 0.534. The molecule has 0 unspecified atom stereocenters. The van der Waals surface area contributed by atoms with Crippen molar-refractivity contribution in [1.29, 1.82) is 0 Å². The van der Waals surface area contributed by atoms with Gasteiger partial charge in [0.25, 0.3) is 0 Å². The second kappa shape index (κ2) is 4.44. The van der Waals surface area contributed by atoms with Crippen LogP contribution in [0.25, 0.3) is 0 Å². The van der Waals surface area contributed by atoms with Gasteiger partial charge < -0.3 is 14.8 Å². The number of rotatable bonds is 4. The molecule has 1 aliphatic heterocycles. The number of aryl methyl sites for hydroxylation is 1. The molecule has 0 bridgehead atoms. The van der Waals surface area contributed by atoms with Gasteiger partial charge in [0.15, 0.2) is 0 Å². The molecule has 1 aromatic heterocycles. The Morgan fingerprint density at radius 3 is 2.87 bits per heavy atom. The van der Waals surface area contributed by atoms with E-state index < -0.39 is 0 Å². The number of ether oxygens (including phenoxy) is 2. The third kappa shape index (κ3) is 2.56. The van der Waals surface area contributed by atoms with E-state index in [1.54, 1.807) is 6.07 Å². The summed E-state index contributed by atoms with van der Waals surface area (Å²) in [6.45, 7) is 6.15. The largest absolute Gasteiger partial charge is 0.478 e. The van der Waals surface area contributed by atoms with Gasteiger partial charge in [-0.25, -0.2) is 4.98 Å². The fourth-order valence-corrected chi connectivity index (χ4v) is 1.28. The van der Waals surface area contributed by atoms with Crippen LogP contribution in [0.15, 0.2) is 6.07 Å². The molecule has 1 aliphatic rings. The molecule has 0 saturated carbocycles. The van der Waals surface area contributed by atoms with E-state index in [1.807, 2.05) is 13.8 Å². The third-order valence-electron chi connectivity index (χ3n) is 2.12. The highest BCUT2D eigenvalue weighted by atomic mass is 16.5. The van der Waals surface area contributed by atoms with Crippen LogP contribution in [0.3, 0.4) is 0 Å². The standard InChI is InChI=1S/C10H15N3O2/c1-3-14-9-4-7(2)12-10(13-9)15-8-5-11-6-8/h4,8,11H,3,5-6H2,1-2H3. The Kier molecular flexibility index (Phi) is 3.01. The second-order valence-corrected chi connectivity index (χ2v) is 3.46. The molecule has 0 amide bonds. The van der Waals surface area contributed by atoms with Crippen LogP contribution in [-0.4, -0.2) is 35.8 Å². The molecule has 0 radical (unpaired) electrons. The summed E-state index contributed by atoms with van der Waals surface area (Å²) in [6.07, 6.45) is 0.196. The summed E-state index contributed by atoms with van der Waals surface area (Å²) in [6, 6.07) is 2.21. The van der Waals surface area contributed by atoms with E-state index in [2.05, 4.69) is 15.3 Å². The zero-order valence-electron chi connectivity index (χ0n) is 8.99. The first-order valence-corrected chi connectivity index (χ1v) is 5.14. The van der Waals surface area contributed by atoms with E-state index in [-0.39, 0.29) is 6.10 Å². The minimum absolute atomic E-state index is 0.196. The van der Waals surface area contributed by atoms with Crippen molar-refractivity contribution < 1.29 is 9.47 Å². The van der Waals surface area contributed by atoms with E-state index in [0.717, 1.165) is 18.8 Å². The molecule has 1 N–H and O–H groups in total. The van der Waals surface area contributed by atoms with Crippen molar-refractivity contribution in [2.24, 2.45) is 0 Å². The highest BCUT2D eigenvalue weighted by molar-refractivity contribution is 5.17. The lowest BCUT2D eigenvalue weighted by molar-refractivity contribution is 0.127. The Morgan fingerprint density at radius 1 is 1.47 bits per heavy atom. The summed E-state index contributed by atoms with van der Waals surface area (Å²) in [5.74, 6) is 0.576. The van der Waals surface area contributed by atoms with Crippen molar-refractivity contribution in [3.63, 3.8) is 0 Å². The summed E-state index contributed by atoms with van der Waals surface area (Å²) in [4.78, 5) is 8.36. The van der Waals surface area contributed by atoms with Gasteiger partial charge in [-0.3, -0.25) is 0 Å². The molecule has 15 heavy (non-hydrogen) atoms. The second-order valence-electron chi connectivity index (χ2n) is 3.46. The number of nitrogens with one attached hydrogen (secondary N) is 1. The van der Waals surface area contributed by atoms with Gasteiger partial charge >= 0.3 is 6.01 Å². The molecule has 2 rings (SSSR count). The van der Waals surface area contributed by atoms with Gasteiger partial charge in [0, 0.05) is 24.8 Å². The van der Waals surface area contributed by atoms with Crippen LogP contribution in [0.5, 0.6) is 11.9 Å². The zero-order valence-corrected chi connectivity index (χ0v) is 8.99. The van der Waals surface area contributed by atoms with Gasteiger partial charge in [-0.1, -0.05) is 0 Å². The maximum atomic E-state index is 5.55. The lowest BCUT2D eigenvalue weighted by Crippen LogP contribution is -2.50. The van der Waals surface area contributed by atoms with Crippen LogP contribution >= 0.6 is 0 Å². The van der Waals surface area contributed by atoms with Crippen molar-refractivity contribution in [2.75, 3.05) is 19.7 Å². The highest BCUT2D eigenvalue weighted by Gasteiger charge is 2.19. The summed E-state index contributed by atoms with van der Waals surface area (Å²) >= 11 is 0. The third-order valence-corrected chi connectivity index (χ3v) is 2.12. The molecule has 1 aromatic rings. The van der Waals surface area contributed by atoms with Crippen LogP contribution in [0, 0.1) is 6.92 Å². The molecule has 0 atom stereocenters. The summed E-state index contributed by atoms with van der Waals surface area (Å²) in [5, 5.41) is 3.12. The van der Waals surface area contributed by atoms with Crippen LogP contribution in [-0.2, 0) is 0 Å². The Labute approximate surface area is 88.8 Å². The fraction of sp³-hybridized carbons (Fsp3) is 0.600. The van der Waals surface area contributed by atoms with E-state index in [1.165, 1.54) is 0 Å². The van der Waals surface area contributed by atoms with E-state index in [4.69, 9.17) is 9.47 Å². The lowest BCUT2D eigenvalue weighted by Gasteiger charge is -2.26. The first-order chi connectivity index (χ1) is 7.28. The molecule has 1 fully saturated rings. The first kappa shape index (κ1) is 10.2. The SMILES string of the molecule is CCOc1cc(C)nc(OC2CNC2)n1. The summed E-state index contributed by atoms with van der Waals surface area (Å²) in [5.41, 5.74) is 0.857. The van der Waals surface area contributed by atoms with E-state index in [0.29, 0.717) is 18.5 Å². The minimum atomic E-state index is 0.196. The van der Waals surface area contributed by atoms with E-state index >= 15 is 0 Å². The molecular formula is C10H15N3O2. The molecule has 5 nitrogen and oxygen atoms in total. The van der Waals surface area contributed by atoms with Gasteiger partial charge in [-0.2, -0.15) is 4.98 Å². The zero-order chi connectivity index (χ0) is 10.7. The maximum Gasteiger partial charge on any atom is 0.320 e. The van der Waals surface area contributed by atoms with Gasteiger partial charge in [0.1, 0.15) is 6.10 Å². The monoisotopic (exact) mass is 209 g/mol. The predicted molar refractivity (Wildman–Crippen MR) is 55.2 cm³/mol. The molecule has 5 heteroatoms.